The molecule has 4 nitrogen and oxygen atoms in total. The molecule has 1 aliphatic heterocycles. The Labute approximate surface area is 112 Å². The van der Waals surface area contributed by atoms with Gasteiger partial charge in [-0.3, -0.25) is 0 Å². The second kappa shape index (κ2) is 6.27. The van der Waals surface area contributed by atoms with Crippen molar-refractivity contribution in [2.45, 2.75) is 18.9 Å². The number of nitrogens with zero attached hydrogens (tertiary/aromatic N) is 1. The Morgan fingerprint density at radius 1 is 1.33 bits per heavy atom. The second-order valence-corrected chi connectivity index (χ2v) is 4.95. The van der Waals surface area contributed by atoms with Crippen molar-refractivity contribution in [1.29, 1.82) is 0 Å². The molecule has 0 aliphatic carbocycles. The number of aliphatic hydroxyl groups is 2. The van der Waals surface area contributed by atoms with Gasteiger partial charge in [-0.1, -0.05) is 17.7 Å². The first kappa shape index (κ1) is 13.5. The zero-order chi connectivity index (χ0) is 13.0. The van der Waals surface area contributed by atoms with Crippen molar-refractivity contribution in [3.8, 4) is 0 Å². The van der Waals surface area contributed by atoms with Crippen LogP contribution < -0.4 is 10.2 Å². The van der Waals surface area contributed by atoms with Gasteiger partial charge in [-0.2, -0.15) is 0 Å². The van der Waals surface area contributed by atoms with Crippen LogP contribution in [0.2, 0.25) is 5.02 Å². The lowest BCUT2D eigenvalue weighted by molar-refractivity contribution is 0.105. The monoisotopic (exact) mass is 270 g/mol. The number of hydrogen-bond acceptors (Lipinski definition) is 4. The standard InChI is InChI=1S/C13H19ClN2O2/c14-11-4-3-5-12(15-8-10(18)9-17)13(11)16-6-1-2-7-16/h3-5,10,15,17-18H,1-2,6-9H2. The van der Waals surface area contributed by atoms with Gasteiger partial charge in [0.25, 0.3) is 0 Å². The fraction of sp³-hybridized carbons (Fsp3) is 0.538. The fourth-order valence-corrected chi connectivity index (χ4v) is 2.51. The molecule has 1 aliphatic rings. The molecule has 5 heteroatoms. The Bertz CT molecular complexity index is 395. The minimum absolute atomic E-state index is 0.243. The van der Waals surface area contributed by atoms with Crippen molar-refractivity contribution in [1.82, 2.24) is 0 Å². The molecule has 1 heterocycles. The zero-order valence-electron chi connectivity index (χ0n) is 10.3. The van der Waals surface area contributed by atoms with Gasteiger partial charge in [-0.05, 0) is 25.0 Å². The normalized spacial score (nSPS) is 16.9. The third-order valence-electron chi connectivity index (χ3n) is 3.15. The molecule has 0 spiro atoms. The molecule has 0 radical (unpaired) electrons. The first-order valence-electron chi connectivity index (χ1n) is 6.28. The van der Waals surface area contributed by atoms with E-state index in [1.807, 2.05) is 18.2 Å². The maximum Gasteiger partial charge on any atom is 0.0942 e. The highest BCUT2D eigenvalue weighted by molar-refractivity contribution is 6.34. The van der Waals surface area contributed by atoms with E-state index >= 15 is 0 Å². The topological polar surface area (TPSA) is 55.7 Å². The van der Waals surface area contributed by atoms with Crippen molar-refractivity contribution >= 4 is 23.0 Å². The maximum absolute atomic E-state index is 9.39. The second-order valence-electron chi connectivity index (χ2n) is 4.55. The molecule has 2 rings (SSSR count). The third-order valence-corrected chi connectivity index (χ3v) is 3.45. The van der Waals surface area contributed by atoms with Crippen LogP contribution in [0, 0.1) is 0 Å². The number of rotatable bonds is 5. The van der Waals surface area contributed by atoms with Crippen LogP contribution in [0.4, 0.5) is 11.4 Å². The number of anilines is 2. The Hall–Kier alpha value is -0.970. The molecule has 0 saturated carbocycles. The summed E-state index contributed by atoms with van der Waals surface area (Å²) >= 11 is 6.27. The van der Waals surface area contributed by atoms with Crippen LogP contribution in [0.3, 0.4) is 0 Å². The summed E-state index contributed by atoms with van der Waals surface area (Å²) in [6, 6.07) is 5.71. The smallest absolute Gasteiger partial charge is 0.0942 e. The predicted molar refractivity (Wildman–Crippen MR) is 74.5 cm³/mol. The minimum Gasteiger partial charge on any atom is -0.394 e. The number of benzene rings is 1. The Kier molecular flexibility index (Phi) is 4.69. The van der Waals surface area contributed by atoms with E-state index in [0.717, 1.165) is 29.5 Å². The van der Waals surface area contributed by atoms with Gasteiger partial charge in [-0.15, -0.1) is 0 Å². The van der Waals surface area contributed by atoms with E-state index in [9.17, 15) is 5.11 Å². The van der Waals surface area contributed by atoms with Gasteiger partial charge < -0.3 is 20.4 Å². The molecule has 0 bridgehead atoms. The number of para-hydroxylation sites is 1. The highest BCUT2D eigenvalue weighted by Gasteiger charge is 2.18. The van der Waals surface area contributed by atoms with Gasteiger partial charge in [0.2, 0.25) is 0 Å². The van der Waals surface area contributed by atoms with Crippen LogP contribution in [0.15, 0.2) is 18.2 Å². The summed E-state index contributed by atoms with van der Waals surface area (Å²) in [5.74, 6) is 0. The largest absolute Gasteiger partial charge is 0.394 e. The summed E-state index contributed by atoms with van der Waals surface area (Å²) in [6.45, 7) is 2.10. The molecule has 1 saturated heterocycles. The molecule has 1 aromatic carbocycles. The molecular formula is C13H19ClN2O2. The number of nitrogens with one attached hydrogen (secondary N) is 1. The molecule has 0 aromatic heterocycles. The number of hydrogen-bond donors (Lipinski definition) is 3. The number of aliphatic hydroxyl groups excluding tert-OH is 2. The number of halogens is 1. The Morgan fingerprint density at radius 3 is 2.72 bits per heavy atom. The fourth-order valence-electron chi connectivity index (χ4n) is 2.21. The third kappa shape index (κ3) is 3.07. The SMILES string of the molecule is OCC(O)CNc1cccc(Cl)c1N1CCCC1. The van der Waals surface area contributed by atoms with E-state index < -0.39 is 6.10 Å². The molecule has 18 heavy (non-hydrogen) atoms. The summed E-state index contributed by atoms with van der Waals surface area (Å²) < 4.78 is 0. The summed E-state index contributed by atoms with van der Waals surface area (Å²) in [6.07, 6.45) is 1.61. The van der Waals surface area contributed by atoms with E-state index in [4.69, 9.17) is 16.7 Å². The van der Waals surface area contributed by atoms with E-state index in [1.165, 1.54) is 12.8 Å². The van der Waals surface area contributed by atoms with Crippen LogP contribution in [0.25, 0.3) is 0 Å². The molecule has 0 amide bonds. The van der Waals surface area contributed by atoms with Gasteiger partial charge in [0.15, 0.2) is 0 Å². The van der Waals surface area contributed by atoms with Gasteiger partial charge >= 0.3 is 0 Å². The minimum atomic E-state index is -0.754. The average Bonchev–Trinajstić information content (AvgIpc) is 2.89. The summed E-state index contributed by atoms with van der Waals surface area (Å²) in [4.78, 5) is 2.26. The zero-order valence-corrected chi connectivity index (χ0v) is 11.0. The van der Waals surface area contributed by atoms with Crippen molar-refractivity contribution in [3.63, 3.8) is 0 Å². The van der Waals surface area contributed by atoms with Crippen molar-refractivity contribution in [2.24, 2.45) is 0 Å². The van der Waals surface area contributed by atoms with E-state index in [-0.39, 0.29) is 6.61 Å². The lowest BCUT2D eigenvalue weighted by atomic mass is 10.2. The predicted octanol–water partition coefficient (Wildman–Crippen LogP) is 1.71. The van der Waals surface area contributed by atoms with Crippen LogP contribution >= 0.6 is 11.6 Å². The van der Waals surface area contributed by atoms with Crippen LogP contribution in [-0.2, 0) is 0 Å². The van der Waals surface area contributed by atoms with Crippen molar-refractivity contribution in [2.75, 3.05) is 36.5 Å². The van der Waals surface area contributed by atoms with Gasteiger partial charge in [0.05, 0.1) is 29.1 Å². The Morgan fingerprint density at radius 2 is 2.06 bits per heavy atom. The van der Waals surface area contributed by atoms with Gasteiger partial charge in [0.1, 0.15) is 0 Å². The van der Waals surface area contributed by atoms with Crippen molar-refractivity contribution in [3.05, 3.63) is 23.2 Å². The van der Waals surface area contributed by atoms with Crippen LogP contribution in [0.1, 0.15) is 12.8 Å². The highest BCUT2D eigenvalue weighted by atomic mass is 35.5. The average molecular weight is 271 g/mol. The van der Waals surface area contributed by atoms with E-state index in [1.54, 1.807) is 0 Å². The van der Waals surface area contributed by atoms with Crippen molar-refractivity contribution < 1.29 is 10.2 Å². The highest BCUT2D eigenvalue weighted by Crippen LogP contribution is 2.35. The molecule has 1 atom stereocenters. The van der Waals surface area contributed by atoms with E-state index in [0.29, 0.717) is 6.54 Å². The van der Waals surface area contributed by atoms with Gasteiger partial charge in [-0.25, -0.2) is 0 Å². The maximum atomic E-state index is 9.39. The van der Waals surface area contributed by atoms with Gasteiger partial charge in [0, 0.05) is 19.6 Å². The first-order chi connectivity index (χ1) is 8.72. The lowest BCUT2D eigenvalue weighted by Gasteiger charge is -2.23. The molecule has 1 fully saturated rings. The molecular weight excluding hydrogens is 252 g/mol. The quantitative estimate of drug-likeness (QED) is 0.762. The summed E-state index contributed by atoms with van der Waals surface area (Å²) in [5, 5.41) is 22.1. The lowest BCUT2D eigenvalue weighted by Crippen LogP contribution is -2.25. The van der Waals surface area contributed by atoms with Crippen LogP contribution in [-0.4, -0.2) is 42.6 Å². The molecule has 1 unspecified atom stereocenters. The molecule has 1 aromatic rings. The first-order valence-corrected chi connectivity index (χ1v) is 6.66. The molecule has 100 valence electrons. The Balaban J connectivity index is 2.15. The van der Waals surface area contributed by atoms with E-state index in [2.05, 4.69) is 10.2 Å². The van der Waals surface area contributed by atoms with Crippen LogP contribution in [0.5, 0.6) is 0 Å². The summed E-state index contributed by atoms with van der Waals surface area (Å²) in [5.41, 5.74) is 1.92. The summed E-state index contributed by atoms with van der Waals surface area (Å²) in [7, 11) is 0. The molecule has 3 N–H and O–H groups in total.